The predicted molar refractivity (Wildman–Crippen MR) is 71.4 cm³/mol. The first-order valence-corrected chi connectivity index (χ1v) is 7.68. The van der Waals surface area contributed by atoms with Crippen LogP contribution in [0.1, 0.15) is 26.7 Å². The van der Waals surface area contributed by atoms with E-state index in [1.807, 2.05) is 13.8 Å². The second-order valence-electron chi connectivity index (χ2n) is 5.53. The van der Waals surface area contributed by atoms with E-state index >= 15 is 0 Å². The lowest BCUT2D eigenvalue weighted by Crippen LogP contribution is -2.45. The summed E-state index contributed by atoms with van der Waals surface area (Å²) < 4.78 is 4.96. The topological polar surface area (TPSA) is 43.4 Å². The van der Waals surface area contributed by atoms with E-state index in [1.165, 1.54) is 7.11 Å². The van der Waals surface area contributed by atoms with Gasteiger partial charge < -0.3 is 4.74 Å². The molecular formula is C12H16Br2O3. The summed E-state index contributed by atoms with van der Waals surface area (Å²) in [6, 6.07) is 0. The summed E-state index contributed by atoms with van der Waals surface area (Å²) in [5, 5.41) is 0.604. The molecule has 5 heteroatoms. The Balaban J connectivity index is 2.63. The highest BCUT2D eigenvalue weighted by Crippen LogP contribution is 2.72. The third-order valence-corrected chi connectivity index (χ3v) is 7.32. The van der Waals surface area contributed by atoms with Crippen molar-refractivity contribution in [3.8, 4) is 0 Å². The van der Waals surface area contributed by atoms with Crippen LogP contribution in [0.15, 0.2) is 0 Å². The van der Waals surface area contributed by atoms with E-state index in [9.17, 15) is 9.59 Å². The number of alkyl halides is 2. The molecule has 0 saturated heterocycles. The molecule has 2 bridgehead atoms. The van der Waals surface area contributed by atoms with Crippen LogP contribution in [-0.2, 0) is 14.3 Å². The number of hydrogen-bond donors (Lipinski definition) is 0. The molecule has 17 heavy (non-hydrogen) atoms. The first-order chi connectivity index (χ1) is 7.81. The van der Waals surface area contributed by atoms with E-state index < -0.39 is 15.7 Å². The molecule has 96 valence electrons. The van der Waals surface area contributed by atoms with Crippen LogP contribution in [0.2, 0.25) is 0 Å². The van der Waals surface area contributed by atoms with Crippen LogP contribution in [0.25, 0.3) is 0 Å². The molecule has 0 aliphatic heterocycles. The monoisotopic (exact) mass is 366 g/mol. The van der Waals surface area contributed by atoms with E-state index in [2.05, 4.69) is 31.9 Å². The highest BCUT2D eigenvalue weighted by molar-refractivity contribution is 9.10. The van der Waals surface area contributed by atoms with Crippen molar-refractivity contribution in [2.75, 3.05) is 12.4 Å². The van der Waals surface area contributed by atoms with Crippen LogP contribution in [0.4, 0.5) is 0 Å². The van der Waals surface area contributed by atoms with Gasteiger partial charge in [0.05, 0.1) is 17.4 Å². The Labute approximate surface area is 118 Å². The summed E-state index contributed by atoms with van der Waals surface area (Å²) in [5.74, 6) is -0.130. The average Bonchev–Trinajstić information content (AvgIpc) is 2.61. The summed E-state index contributed by atoms with van der Waals surface area (Å²) in [7, 11) is 1.39. The molecule has 2 rings (SSSR count). The fourth-order valence-electron chi connectivity index (χ4n) is 3.75. The molecule has 0 aromatic carbocycles. The van der Waals surface area contributed by atoms with Gasteiger partial charge in [0, 0.05) is 10.7 Å². The van der Waals surface area contributed by atoms with Gasteiger partial charge in [0.15, 0.2) is 5.78 Å². The Bertz CT molecular complexity index is 393. The van der Waals surface area contributed by atoms with Crippen molar-refractivity contribution in [1.29, 1.82) is 0 Å². The zero-order valence-electron chi connectivity index (χ0n) is 10.2. The number of ketones is 1. The van der Waals surface area contributed by atoms with E-state index in [4.69, 9.17) is 4.74 Å². The molecule has 3 nitrogen and oxygen atoms in total. The first-order valence-electron chi connectivity index (χ1n) is 5.64. The molecule has 2 aliphatic rings. The third-order valence-electron chi connectivity index (χ3n) is 5.17. The zero-order valence-corrected chi connectivity index (χ0v) is 13.4. The predicted octanol–water partition coefficient (Wildman–Crippen LogP) is 2.69. The summed E-state index contributed by atoms with van der Waals surface area (Å²) in [6.07, 6.45) is 1.46. The molecular weight excluding hydrogens is 352 g/mol. The number of esters is 1. The van der Waals surface area contributed by atoms with Crippen LogP contribution in [-0.4, -0.2) is 29.0 Å². The van der Waals surface area contributed by atoms with Gasteiger partial charge in [0.1, 0.15) is 0 Å². The summed E-state index contributed by atoms with van der Waals surface area (Å²) >= 11 is 6.90. The number of halogens is 2. The van der Waals surface area contributed by atoms with Crippen molar-refractivity contribution in [3.63, 3.8) is 0 Å². The summed E-state index contributed by atoms with van der Waals surface area (Å²) in [4.78, 5) is 24.3. The SMILES string of the molecule is COC(=O)[C@@]12CC[C@@](CBr)(C(=O)[C@@H]1Br)C2(C)C. The number of ether oxygens (including phenoxy) is 1. The van der Waals surface area contributed by atoms with Gasteiger partial charge in [-0.05, 0) is 18.3 Å². The largest absolute Gasteiger partial charge is 0.469 e. The number of hydrogen-bond acceptors (Lipinski definition) is 3. The number of rotatable bonds is 2. The maximum Gasteiger partial charge on any atom is 0.313 e. The second-order valence-corrected chi connectivity index (χ2v) is 7.01. The summed E-state index contributed by atoms with van der Waals surface area (Å²) in [5.41, 5.74) is -1.55. The van der Waals surface area contributed by atoms with Crippen LogP contribution in [0.3, 0.4) is 0 Å². The maximum absolute atomic E-state index is 12.5. The Morgan fingerprint density at radius 3 is 2.47 bits per heavy atom. The van der Waals surface area contributed by atoms with Crippen molar-refractivity contribution in [1.82, 2.24) is 0 Å². The van der Waals surface area contributed by atoms with Crippen LogP contribution >= 0.6 is 31.9 Å². The van der Waals surface area contributed by atoms with Gasteiger partial charge in [-0.15, -0.1) is 0 Å². The minimum Gasteiger partial charge on any atom is -0.469 e. The Hall–Kier alpha value is 0.1000. The molecule has 0 aromatic heterocycles. The molecule has 0 aromatic rings. The molecule has 3 atom stereocenters. The number of Topliss-reactive ketones (excluding diaryl/α,β-unsaturated/α-hetero) is 1. The van der Waals surface area contributed by atoms with Crippen molar-refractivity contribution in [2.45, 2.75) is 31.5 Å². The normalized spacial score (nSPS) is 42.9. The summed E-state index contributed by atoms with van der Waals surface area (Å²) in [6.45, 7) is 4.02. The molecule has 2 aliphatic carbocycles. The van der Waals surface area contributed by atoms with Crippen molar-refractivity contribution in [2.24, 2.45) is 16.2 Å². The number of carbonyl (C=O) groups is 2. The lowest BCUT2D eigenvalue weighted by Gasteiger charge is -2.39. The zero-order chi connectivity index (χ0) is 13.1. The van der Waals surface area contributed by atoms with E-state index in [0.717, 1.165) is 6.42 Å². The highest BCUT2D eigenvalue weighted by atomic mass is 79.9. The number of fused-ring (bicyclic) bond motifs is 2. The number of carbonyl (C=O) groups excluding carboxylic acids is 2. The quantitative estimate of drug-likeness (QED) is 0.556. The van der Waals surface area contributed by atoms with Gasteiger partial charge in [-0.3, -0.25) is 9.59 Å². The molecule has 2 saturated carbocycles. The highest BCUT2D eigenvalue weighted by Gasteiger charge is 2.78. The standard InChI is InChI=1S/C12H16Br2O3/c1-10(2)11(6-13)4-5-12(10,9(16)17-3)7(14)8(11)15/h7H,4-6H2,1-3H3/t7-,11+,12+/m0/s1. The molecule has 0 heterocycles. The van der Waals surface area contributed by atoms with Crippen molar-refractivity contribution in [3.05, 3.63) is 0 Å². The van der Waals surface area contributed by atoms with Gasteiger partial charge >= 0.3 is 5.97 Å². The van der Waals surface area contributed by atoms with E-state index in [1.54, 1.807) is 0 Å². The van der Waals surface area contributed by atoms with Crippen molar-refractivity contribution < 1.29 is 14.3 Å². The lowest BCUT2D eigenvalue weighted by molar-refractivity contribution is -0.157. The molecule has 0 unspecified atom stereocenters. The van der Waals surface area contributed by atoms with Gasteiger partial charge in [-0.25, -0.2) is 0 Å². The second kappa shape index (κ2) is 3.80. The van der Waals surface area contributed by atoms with Crippen LogP contribution < -0.4 is 0 Å². The lowest BCUT2D eigenvalue weighted by atomic mass is 9.65. The van der Waals surface area contributed by atoms with E-state index in [0.29, 0.717) is 11.8 Å². The number of methoxy groups -OCH3 is 1. The first kappa shape index (κ1) is 13.5. The maximum atomic E-state index is 12.5. The molecule has 0 amide bonds. The fraction of sp³-hybridized carbons (Fsp3) is 0.833. The Kier molecular flexibility index (Phi) is 3.02. The van der Waals surface area contributed by atoms with Crippen molar-refractivity contribution >= 4 is 43.6 Å². The minimum atomic E-state index is -0.716. The van der Waals surface area contributed by atoms with Gasteiger partial charge in [0.2, 0.25) is 0 Å². The molecule has 0 spiro atoms. The Morgan fingerprint density at radius 2 is 2.06 bits per heavy atom. The third kappa shape index (κ3) is 1.18. The average molecular weight is 368 g/mol. The molecule has 0 radical (unpaired) electrons. The van der Waals surface area contributed by atoms with Gasteiger partial charge in [-0.2, -0.15) is 0 Å². The van der Waals surface area contributed by atoms with E-state index in [-0.39, 0.29) is 17.2 Å². The van der Waals surface area contributed by atoms with Crippen LogP contribution in [0.5, 0.6) is 0 Å². The van der Waals surface area contributed by atoms with Gasteiger partial charge in [0.25, 0.3) is 0 Å². The van der Waals surface area contributed by atoms with Gasteiger partial charge in [-0.1, -0.05) is 45.7 Å². The fourth-order valence-corrected chi connectivity index (χ4v) is 6.43. The van der Waals surface area contributed by atoms with Crippen LogP contribution in [0, 0.1) is 16.2 Å². The minimum absolute atomic E-state index is 0.135. The molecule has 2 fully saturated rings. The Morgan fingerprint density at radius 1 is 1.47 bits per heavy atom. The smallest absolute Gasteiger partial charge is 0.313 e. The molecule has 0 N–H and O–H groups in total.